The van der Waals surface area contributed by atoms with Crippen molar-refractivity contribution >= 4 is 5.91 Å². The quantitative estimate of drug-likeness (QED) is 0.760. The van der Waals surface area contributed by atoms with Gasteiger partial charge in [-0.15, -0.1) is 10.2 Å². The van der Waals surface area contributed by atoms with Crippen LogP contribution in [0.5, 0.6) is 0 Å². The molecular formula is C17H22F3N7O3. The monoisotopic (exact) mass is 429 g/mol. The second-order valence-electron chi connectivity index (χ2n) is 7.73. The van der Waals surface area contributed by atoms with Gasteiger partial charge in [-0.3, -0.25) is 9.89 Å². The Bertz CT molecular complexity index is 918. The molecule has 1 aliphatic carbocycles. The zero-order chi connectivity index (χ0) is 21.5. The minimum atomic E-state index is -4.67. The van der Waals surface area contributed by atoms with E-state index in [1.807, 2.05) is 0 Å². The van der Waals surface area contributed by atoms with Crippen LogP contribution in [0.15, 0.2) is 0 Å². The zero-order valence-electron chi connectivity index (χ0n) is 16.5. The van der Waals surface area contributed by atoms with E-state index in [0.717, 1.165) is 30.4 Å². The van der Waals surface area contributed by atoms with Crippen LogP contribution in [-0.2, 0) is 15.7 Å². The van der Waals surface area contributed by atoms with Crippen molar-refractivity contribution in [3.63, 3.8) is 0 Å². The number of nitrogens with one attached hydrogen (secondary N) is 2. The topological polar surface area (TPSA) is 120 Å². The van der Waals surface area contributed by atoms with E-state index in [-0.39, 0.29) is 30.2 Å². The van der Waals surface area contributed by atoms with Gasteiger partial charge in [0, 0.05) is 19.4 Å². The molecule has 1 unspecified atom stereocenters. The maximum Gasteiger partial charge on any atom is 0.451 e. The number of aromatic amines is 1. The van der Waals surface area contributed by atoms with Crippen molar-refractivity contribution in [2.75, 3.05) is 13.2 Å². The summed E-state index contributed by atoms with van der Waals surface area (Å²) in [6.45, 7) is 4.28. The fourth-order valence-corrected chi connectivity index (χ4v) is 3.62. The summed E-state index contributed by atoms with van der Waals surface area (Å²) in [5.74, 6) is -2.13. The number of carbonyl (C=O) groups is 1. The Morgan fingerprint density at radius 1 is 1.33 bits per heavy atom. The molecule has 1 aliphatic heterocycles. The molecular weight excluding hydrogens is 407 g/mol. The standard InChI is InChI=1S/C17H22F3N7O3/c1-9-3-5-16(6-4-9)29-8-11(30-16)7-21-13(28)12-22-10(2)27(26-12)15-23-14(24-25-15)17(18,19)20/h9,11H,3-8H2,1-2H3,(H,21,28)(H,23,24,25). The van der Waals surface area contributed by atoms with Crippen molar-refractivity contribution in [3.05, 3.63) is 17.5 Å². The number of ether oxygens (including phenoxy) is 2. The molecule has 0 bridgehead atoms. The van der Waals surface area contributed by atoms with E-state index in [0.29, 0.717) is 12.5 Å². The molecule has 0 aromatic carbocycles. The zero-order valence-corrected chi connectivity index (χ0v) is 16.5. The predicted molar refractivity (Wildman–Crippen MR) is 94.6 cm³/mol. The maximum atomic E-state index is 12.7. The molecule has 1 atom stereocenters. The lowest BCUT2D eigenvalue weighted by Gasteiger charge is -2.34. The van der Waals surface area contributed by atoms with E-state index in [4.69, 9.17) is 9.47 Å². The lowest BCUT2D eigenvalue weighted by molar-refractivity contribution is -0.191. The third-order valence-corrected chi connectivity index (χ3v) is 5.34. The molecule has 1 amide bonds. The van der Waals surface area contributed by atoms with Crippen LogP contribution in [0.2, 0.25) is 0 Å². The highest BCUT2D eigenvalue weighted by Gasteiger charge is 2.43. The normalized spacial score (nSPS) is 27.0. The van der Waals surface area contributed by atoms with E-state index in [1.54, 1.807) is 5.10 Å². The number of halogens is 3. The molecule has 2 fully saturated rings. The first-order valence-corrected chi connectivity index (χ1v) is 9.69. The minimum Gasteiger partial charge on any atom is -0.347 e. The summed E-state index contributed by atoms with van der Waals surface area (Å²) in [6.07, 6.45) is -1.21. The van der Waals surface area contributed by atoms with Crippen LogP contribution in [0, 0.1) is 12.8 Å². The number of aromatic nitrogens is 6. The van der Waals surface area contributed by atoms with Gasteiger partial charge >= 0.3 is 6.18 Å². The van der Waals surface area contributed by atoms with Gasteiger partial charge in [-0.1, -0.05) is 6.92 Å². The number of amides is 1. The van der Waals surface area contributed by atoms with Gasteiger partial charge in [0.25, 0.3) is 11.9 Å². The van der Waals surface area contributed by atoms with Crippen molar-refractivity contribution in [3.8, 4) is 5.95 Å². The molecule has 1 saturated heterocycles. The molecule has 2 aromatic rings. The molecule has 1 saturated carbocycles. The van der Waals surface area contributed by atoms with Crippen LogP contribution >= 0.6 is 0 Å². The highest BCUT2D eigenvalue weighted by Crippen LogP contribution is 2.39. The Hall–Kier alpha value is -2.54. The summed E-state index contributed by atoms with van der Waals surface area (Å²) in [7, 11) is 0. The lowest BCUT2D eigenvalue weighted by atomic mass is 9.86. The molecule has 10 nitrogen and oxygen atoms in total. The first kappa shape index (κ1) is 20.7. The molecule has 4 rings (SSSR count). The van der Waals surface area contributed by atoms with Gasteiger partial charge in [-0.2, -0.15) is 22.8 Å². The summed E-state index contributed by atoms with van der Waals surface area (Å²) < 4.78 is 50.9. The Morgan fingerprint density at radius 2 is 2.07 bits per heavy atom. The van der Waals surface area contributed by atoms with Gasteiger partial charge in [0.15, 0.2) is 5.79 Å². The molecule has 0 radical (unpaired) electrons. The van der Waals surface area contributed by atoms with Crippen molar-refractivity contribution in [1.29, 1.82) is 0 Å². The maximum absolute atomic E-state index is 12.7. The van der Waals surface area contributed by atoms with E-state index in [1.165, 1.54) is 6.92 Å². The number of H-pyrrole nitrogens is 1. The van der Waals surface area contributed by atoms with Gasteiger partial charge in [0.2, 0.25) is 11.6 Å². The van der Waals surface area contributed by atoms with Gasteiger partial charge in [0.1, 0.15) is 11.9 Å². The van der Waals surface area contributed by atoms with Crippen LogP contribution < -0.4 is 5.32 Å². The number of alkyl halides is 3. The Labute approximate surface area is 169 Å². The van der Waals surface area contributed by atoms with Crippen molar-refractivity contribution < 1.29 is 27.4 Å². The predicted octanol–water partition coefficient (Wildman–Crippen LogP) is 1.76. The number of hydrogen-bond acceptors (Lipinski definition) is 7. The van der Waals surface area contributed by atoms with Crippen molar-refractivity contribution in [2.45, 2.75) is 57.6 Å². The molecule has 164 valence electrons. The first-order valence-electron chi connectivity index (χ1n) is 9.69. The highest BCUT2D eigenvalue weighted by molar-refractivity contribution is 5.90. The van der Waals surface area contributed by atoms with Crippen molar-refractivity contribution in [2.24, 2.45) is 5.92 Å². The molecule has 2 aromatic heterocycles. The Morgan fingerprint density at radius 3 is 2.73 bits per heavy atom. The molecule has 2 aliphatic rings. The number of hydrogen-bond donors (Lipinski definition) is 2. The molecule has 3 heterocycles. The number of aryl methyl sites for hydroxylation is 1. The summed E-state index contributed by atoms with van der Waals surface area (Å²) in [5, 5.41) is 11.9. The average Bonchev–Trinajstić information content (AvgIpc) is 3.41. The smallest absolute Gasteiger partial charge is 0.347 e. The summed E-state index contributed by atoms with van der Waals surface area (Å²) >= 11 is 0. The average molecular weight is 429 g/mol. The minimum absolute atomic E-state index is 0.170. The molecule has 2 N–H and O–H groups in total. The van der Waals surface area contributed by atoms with Crippen LogP contribution in [-0.4, -0.2) is 60.9 Å². The van der Waals surface area contributed by atoms with E-state index in [9.17, 15) is 18.0 Å². The number of nitrogens with zero attached hydrogens (tertiary/aromatic N) is 5. The number of rotatable bonds is 4. The summed E-state index contributed by atoms with van der Waals surface area (Å²) in [6, 6.07) is 0. The van der Waals surface area contributed by atoms with E-state index in [2.05, 4.69) is 32.4 Å². The third-order valence-electron chi connectivity index (χ3n) is 5.34. The lowest BCUT2D eigenvalue weighted by Crippen LogP contribution is -2.38. The van der Waals surface area contributed by atoms with Crippen LogP contribution in [0.25, 0.3) is 5.95 Å². The fourth-order valence-electron chi connectivity index (χ4n) is 3.62. The fraction of sp³-hybridized carbons (Fsp3) is 0.706. The second-order valence-corrected chi connectivity index (χ2v) is 7.73. The molecule has 1 spiro atoms. The summed E-state index contributed by atoms with van der Waals surface area (Å²) in [5.41, 5.74) is 0. The SMILES string of the molecule is Cc1nc(C(=O)NCC2COC3(CCC(C)CC3)O2)nn1-c1n[nH]c(C(F)(F)F)n1. The van der Waals surface area contributed by atoms with E-state index >= 15 is 0 Å². The number of carbonyl (C=O) groups excluding carboxylic acids is 1. The second kappa shape index (κ2) is 7.61. The highest BCUT2D eigenvalue weighted by atomic mass is 19.4. The van der Waals surface area contributed by atoms with E-state index < -0.39 is 23.7 Å². The third kappa shape index (κ3) is 4.17. The van der Waals surface area contributed by atoms with Gasteiger partial charge < -0.3 is 14.8 Å². The van der Waals surface area contributed by atoms with Gasteiger partial charge in [0.05, 0.1) is 6.61 Å². The van der Waals surface area contributed by atoms with Crippen LogP contribution in [0.4, 0.5) is 13.2 Å². The summed E-state index contributed by atoms with van der Waals surface area (Å²) in [4.78, 5) is 19.7. The first-order chi connectivity index (χ1) is 14.2. The van der Waals surface area contributed by atoms with Crippen LogP contribution in [0.1, 0.15) is 54.9 Å². The molecule has 13 heteroatoms. The van der Waals surface area contributed by atoms with Gasteiger partial charge in [-0.05, 0) is 25.7 Å². The molecule has 30 heavy (non-hydrogen) atoms. The van der Waals surface area contributed by atoms with Gasteiger partial charge in [-0.25, -0.2) is 4.98 Å². The largest absolute Gasteiger partial charge is 0.451 e. The Balaban J connectivity index is 1.36. The van der Waals surface area contributed by atoms with Crippen LogP contribution in [0.3, 0.4) is 0 Å². The Kier molecular flexibility index (Phi) is 5.26. The van der Waals surface area contributed by atoms with Crippen molar-refractivity contribution in [1.82, 2.24) is 35.3 Å².